The molecule has 0 bridgehead atoms. The number of aryl methyl sites for hydroxylation is 2. The molecular formula is C12H15N5O. The van der Waals surface area contributed by atoms with Gasteiger partial charge >= 0.3 is 0 Å². The van der Waals surface area contributed by atoms with Crippen LogP contribution in [0.2, 0.25) is 0 Å². The van der Waals surface area contributed by atoms with Gasteiger partial charge in [-0.25, -0.2) is 9.67 Å². The zero-order valence-corrected chi connectivity index (χ0v) is 10.2. The average Bonchev–Trinajstić information content (AvgIpc) is 2.96. The lowest BCUT2D eigenvalue weighted by Crippen LogP contribution is -2.41. The summed E-state index contributed by atoms with van der Waals surface area (Å²) in [5.74, 6) is 0.947. The molecular weight excluding hydrogens is 230 g/mol. The van der Waals surface area contributed by atoms with E-state index < -0.39 is 0 Å². The predicted octanol–water partition coefficient (Wildman–Crippen LogP) is 0.659. The van der Waals surface area contributed by atoms with Gasteiger partial charge in [0.25, 0.3) is 5.91 Å². The first-order chi connectivity index (χ1) is 8.74. The number of carbonyl (C=O) groups excluding carboxylic acids is 1. The Balaban J connectivity index is 1.68. The van der Waals surface area contributed by atoms with Gasteiger partial charge in [0.1, 0.15) is 17.8 Å². The minimum absolute atomic E-state index is 0.0499. The molecule has 2 aromatic heterocycles. The van der Waals surface area contributed by atoms with Crippen LogP contribution < -0.4 is 5.32 Å². The topological polar surface area (TPSA) is 75.6 Å². The highest BCUT2D eigenvalue weighted by atomic mass is 16.2. The normalized spacial score (nSPS) is 18.4. The van der Waals surface area contributed by atoms with Crippen LogP contribution in [-0.2, 0) is 13.0 Å². The maximum atomic E-state index is 12.1. The van der Waals surface area contributed by atoms with Crippen molar-refractivity contribution in [3.05, 3.63) is 35.7 Å². The third kappa shape index (κ3) is 1.90. The van der Waals surface area contributed by atoms with Gasteiger partial charge in [0, 0.05) is 18.7 Å². The van der Waals surface area contributed by atoms with E-state index in [0.717, 1.165) is 24.2 Å². The first kappa shape index (κ1) is 11.0. The van der Waals surface area contributed by atoms with Crippen molar-refractivity contribution in [1.29, 1.82) is 0 Å². The van der Waals surface area contributed by atoms with Gasteiger partial charge in [-0.2, -0.15) is 5.10 Å². The molecule has 1 aliphatic heterocycles. The van der Waals surface area contributed by atoms with Crippen LogP contribution in [0.25, 0.3) is 0 Å². The van der Waals surface area contributed by atoms with Crippen LogP contribution in [0, 0.1) is 6.92 Å². The molecule has 0 spiro atoms. The number of H-pyrrole nitrogens is 1. The summed E-state index contributed by atoms with van der Waals surface area (Å²) in [6, 6.07) is 2.01. The maximum Gasteiger partial charge on any atom is 0.268 e. The summed E-state index contributed by atoms with van der Waals surface area (Å²) in [7, 11) is 0. The summed E-state index contributed by atoms with van der Waals surface area (Å²) in [5.41, 5.74) is 1.60. The van der Waals surface area contributed by atoms with Crippen molar-refractivity contribution >= 4 is 5.91 Å². The van der Waals surface area contributed by atoms with E-state index in [1.807, 2.05) is 17.7 Å². The third-order valence-electron chi connectivity index (χ3n) is 3.32. The van der Waals surface area contributed by atoms with Crippen LogP contribution >= 0.6 is 0 Å². The Morgan fingerprint density at radius 2 is 2.50 bits per heavy atom. The van der Waals surface area contributed by atoms with Crippen molar-refractivity contribution in [2.75, 3.05) is 0 Å². The predicted molar refractivity (Wildman–Crippen MR) is 65.1 cm³/mol. The van der Waals surface area contributed by atoms with Crippen LogP contribution in [-0.4, -0.2) is 31.7 Å². The lowest BCUT2D eigenvalue weighted by molar-refractivity contribution is 0.0921. The number of aromatic nitrogens is 4. The summed E-state index contributed by atoms with van der Waals surface area (Å²) >= 11 is 0. The molecule has 2 N–H and O–H groups in total. The van der Waals surface area contributed by atoms with Crippen LogP contribution in [0.5, 0.6) is 0 Å². The zero-order valence-electron chi connectivity index (χ0n) is 10.2. The molecule has 3 heterocycles. The number of hydrogen-bond donors (Lipinski definition) is 2. The molecule has 0 fully saturated rings. The van der Waals surface area contributed by atoms with E-state index in [-0.39, 0.29) is 11.9 Å². The molecule has 0 radical (unpaired) electrons. The molecule has 2 aromatic rings. The van der Waals surface area contributed by atoms with Crippen molar-refractivity contribution in [2.24, 2.45) is 0 Å². The van der Waals surface area contributed by atoms with Crippen molar-refractivity contribution in [3.8, 4) is 0 Å². The van der Waals surface area contributed by atoms with E-state index in [2.05, 4.69) is 20.4 Å². The highest BCUT2D eigenvalue weighted by Crippen LogP contribution is 2.12. The molecule has 6 nitrogen and oxygen atoms in total. The Morgan fingerprint density at radius 1 is 1.61 bits per heavy atom. The fourth-order valence-corrected chi connectivity index (χ4v) is 2.30. The van der Waals surface area contributed by atoms with Crippen LogP contribution in [0.3, 0.4) is 0 Å². The second kappa shape index (κ2) is 4.29. The van der Waals surface area contributed by atoms with E-state index in [1.54, 1.807) is 12.5 Å². The van der Waals surface area contributed by atoms with Gasteiger partial charge < -0.3 is 10.3 Å². The van der Waals surface area contributed by atoms with Gasteiger partial charge in [0.15, 0.2) is 0 Å². The van der Waals surface area contributed by atoms with Gasteiger partial charge in [-0.15, -0.1) is 0 Å². The third-order valence-corrected chi connectivity index (χ3v) is 3.32. The number of nitrogens with zero attached hydrogens (tertiary/aromatic N) is 3. The van der Waals surface area contributed by atoms with Gasteiger partial charge in [0.2, 0.25) is 0 Å². The molecule has 6 heteroatoms. The summed E-state index contributed by atoms with van der Waals surface area (Å²) in [4.78, 5) is 19.2. The molecule has 0 aliphatic carbocycles. The van der Waals surface area contributed by atoms with E-state index in [1.165, 1.54) is 0 Å². The SMILES string of the molecule is Cc1cc[nH]c1C(=O)NC1CCc2ncnn2C1. The van der Waals surface area contributed by atoms with Gasteiger partial charge in [-0.05, 0) is 25.0 Å². The van der Waals surface area contributed by atoms with Gasteiger partial charge in [-0.3, -0.25) is 4.79 Å². The van der Waals surface area contributed by atoms with Crippen molar-refractivity contribution in [3.63, 3.8) is 0 Å². The monoisotopic (exact) mass is 245 g/mol. The highest BCUT2D eigenvalue weighted by Gasteiger charge is 2.22. The highest BCUT2D eigenvalue weighted by molar-refractivity contribution is 5.93. The average molecular weight is 245 g/mol. The summed E-state index contributed by atoms with van der Waals surface area (Å²) in [6.45, 7) is 2.61. The lowest BCUT2D eigenvalue weighted by Gasteiger charge is -2.23. The molecule has 1 aliphatic rings. The van der Waals surface area contributed by atoms with Crippen LogP contribution in [0.1, 0.15) is 28.3 Å². The molecule has 1 atom stereocenters. The number of aromatic amines is 1. The fraction of sp³-hybridized carbons (Fsp3) is 0.417. The smallest absolute Gasteiger partial charge is 0.268 e. The van der Waals surface area contributed by atoms with Crippen molar-refractivity contribution in [2.45, 2.75) is 32.4 Å². The Hall–Kier alpha value is -2.11. The number of nitrogens with one attached hydrogen (secondary N) is 2. The molecule has 0 saturated heterocycles. The number of hydrogen-bond acceptors (Lipinski definition) is 3. The Bertz CT molecular complexity index is 571. The van der Waals surface area contributed by atoms with Gasteiger partial charge in [-0.1, -0.05) is 0 Å². The molecule has 0 aromatic carbocycles. The molecule has 18 heavy (non-hydrogen) atoms. The number of rotatable bonds is 2. The van der Waals surface area contributed by atoms with Crippen molar-refractivity contribution < 1.29 is 4.79 Å². The molecule has 0 saturated carbocycles. The van der Waals surface area contributed by atoms with Gasteiger partial charge in [0.05, 0.1) is 6.54 Å². The Labute approximate surface area is 104 Å². The Kier molecular flexibility index (Phi) is 2.62. The molecule has 1 amide bonds. The standard InChI is InChI=1S/C12H15N5O/c1-8-4-5-13-11(8)12(18)16-9-2-3-10-14-7-15-17(10)6-9/h4-5,7,9,13H,2-3,6H2,1H3,(H,16,18). The van der Waals surface area contributed by atoms with Crippen LogP contribution in [0.15, 0.2) is 18.6 Å². The summed E-state index contributed by atoms with van der Waals surface area (Å²) in [6.07, 6.45) is 5.11. The van der Waals surface area contributed by atoms with E-state index >= 15 is 0 Å². The quantitative estimate of drug-likeness (QED) is 0.816. The maximum absolute atomic E-state index is 12.1. The van der Waals surface area contributed by atoms with Crippen molar-refractivity contribution in [1.82, 2.24) is 25.1 Å². The largest absolute Gasteiger partial charge is 0.357 e. The fourth-order valence-electron chi connectivity index (χ4n) is 2.30. The van der Waals surface area contributed by atoms with E-state index in [4.69, 9.17) is 0 Å². The van der Waals surface area contributed by atoms with E-state index in [9.17, 15) is 4.79 Å². The Morgan fingerprint density at radius 3 is 3.28 bits per heavy atom. The summed E-state index contributed by atoms with van der Waals surface area (Å²) in [5, 5.41) is 7.18. The first-order valence-electron chi connectivity index (χ1n) is 6.05. The minimum atomic E-state index is -0.0499. The second-order valence-corrected chi connectivity index (χ2v) is 4.60. The number of amides is 1. The second-order valence-electron chi connectivity index (χ2n) is 4.60. The summed E-state index contributed by atoms with van der Waals surface area (Å²) < 4.78 is 1.86. The first-order valence-corrected chi connectivity index (χ1v) is 6.05. The molecule has 1 unspecified atom stereocenters. The molecule has 3 rings (SSSR count). The number of fused-ring (bicyclic) bond motifs is 1. The lowest BCUT2D eigenvalue weighted by atomic mass is 10.1. The minimum Gasteiger partial charge on any atom is -0.357 e. The molecule has 94 valence electrons. The van der Waals surface area contributed by atoms with E-state index in [0.29, 0.717) is 12.2 Å². The zero-order chi connectivity index (χ0) is 12.5. The van der Waals surface area contributed by atoms with Crippen LogP contribution in [0.4, 0.5) is 0 Å². The number of carbonyl (C=O) groups is 1.